The van der Waals surface area contributed by atoms with Gasteiger partial charge in [-0.15, -0.1) is 12.4 Å². The molecular formula is C7H14ClN3O2. The molecule has 76 valence electrons. The molecule has 0 aliphatic heterocycles. The summed E-state index contributed by atoms with van der Waals surface area (Å²) >= 11 is 0. The van der Waals surface area contributed by atoms with Crippen molar-refractivity contribution in [3.8, 4) is 0 Å². The monoisotopic (exact) mass is 207 g/mol. The van der Waals surface area contributed by atoms with Gasteiger partial charge < -0.3 is 15.0 Å². The molecule has 2 N–H and O–H groups in total. The molecule has 1 unspecified atom stereocenters. The minimum atomic E-state index is -0.126. The first-order valence-corrected chi connectivity index (χ1v) is 3.92. The van der Waals surface area contributed by atoms with Crippen molar-refractivity contribution in [1.29, 1.82) is 0 Å². The lowest BCUT2D eigenvalue weighted by Gasteiger charge is -2.04. The second kappa shape index (κ2) is 5.90. The highest BCUT2D eigenvalue weighted by atomic mass is 35.5. The molecule has 0 amide bonds. The summed E-state index contributed by atoms with van der Waals surface area (Å²) in [6, 6.07) is 0. The highest BCUT2D eigenvalue weighted by Crippen LogP contribution is 2.11. The lowest BCUT2D eigenvalue weighted by atomic mass is 10.4. The maximum absolute atomic E-state index is 5.30. The van der Waals surface area contributed by atoms with Gasteiger partial charge in [-0.3, -0.25) is 0 Å². The van der Waals surface area contributed by atoms with Crippen molar-refractivity contribution in [2.24, 2.45) is 5.73 Å². The minimum absolute atomic E-state index is 0. The van der Waals surface area contributed by atoms with Crippen molar-refractivity contribution in [3.05, 3.63) is 11.7 Å². The Bertz CT molecular complexity index is 241. The van der Waals surface area contributed by atoms with Crippen LogP contribution >= 0.6 is 12.4 Å². The van der Waals surface area contributed by atoms with Gasteiger partial charge in [0, 0.05) is 6.61 Å². The predicted molar refractivity (Wildman–Crippen MR) is 49.5 cm³/mol. The van der Waals surface area contributed by atoms with Crippen LogP contribution in [0.1, 0.15) is 31.7 Å². The Balaban J connectivity index is 0.00000144. The number of halogens is 1. The number of aromatic nitrogens is 2. The Hall–Kier alpha value is -0.650. The molecule has 0 bridgehead atoms. The van der Waals surface area contributed by atoms with E-state index < -0.39 is 0 Å². The zero-order valence-electron chi connectivity index (χ0n) is 7.69. The highest BCUT2D eigenvalue weighted by molar-refractivity contribution is 5.85. The van der Waals surface area contributed by atoms with E-state index in [0.29, 0.717) is 18.3 Å². The summed E-state index contributed by atoms with van der Waals surface area (Å²) < 4.78 is 10.1. The summed E-state index contributed by atoms with van der Waals surface area (Å²) in [5, 5.41) is 3.71. The topological polar surface area (TPSA) is 74.2 Å². The van der Waals surface area contributed by atoms with Crippen LogP contribution in [0.25, 0.3) is 0 Å². The fourth-order valence-electron chi connectivity index (χ4n) is 0.841. The van der Waals surface area contributed by atoms with Crippen LogP contribution in [0.15, 0.2) is 4.52 Å². The smallest absolute Gasteiger partial charge is 0.240 e. The van der Waals surface area contributed by atoms with Crippen LogP contribution in [-0.2, 0) is 11.3 Å². The fraction of sp³-hybridized carbons (Fsp3) is 0.714. The fourth-order valence-corrected chi connectivity index (χ4v) is 0.841. The molecule has 6 heteroatoms. The van der Waals surface area contributed by atoms with Crippen LogP contribution in [0, 0.1) is 0 Å². The highest BCUT2D eigenvalue weighted by Gasteiger charge is 2.12. The number of rotatable bonds is 4. The molecule has 0 radical (unpaired) electrons. The Morgan fingerprint density at radius 2 is 2.31 bits per heavy atom. The largest absolute Gasteiger partial charge is 0.371 e. The van der Waals surface area contributed by atoms with E-state index >= 15 is 0 Å². The standard InChI is InChI=1S/C7H13N3O2.ClH/c1-3-11-5(2)7-9-6(4-8)12-10-7;/h5H,3-4,8H2,1-2H3;1H. The van der Waals surface area contributed by atoms with Crippen LogP contribution in [-0.4, -0.2) is 16.7 Å². The number of nitrogens with two attached hydrogens (primary N) is 1. The Kier molecular flexibility index (Phi) is 5.61. The average Bonchev–Trinajstić information content (AvgIpc) is 2.52. The number of nitrogens with zero attached hydrogens (tertiary/aromatic N) is 2. The van der Waals surface area contributed by atoms with Gasteiger partial charge in [-0.25, -0.2) is 0 Å². The van der Waals surface area contributed by atoms with E-state index in [2.05, 4.69) is 10.1 Å². The van der Waals surface area contributed by atoms with E-state index in [1.54, 1.807) is 0 Å². The molecule has 0 fully saturated rings. The predicted octanol–water partition coefficient (Wildman–Crippen LogP) is 1.05. The van der Waals surface area contributed by atoms with Crippen molar-refractivity contribution < 1.29 is 9.26 Å². The number of ether oxygens (including phenoxy) is 1. The third kappa shape index (κ3) is 3.30. The van der Waals surface area contributed by atoms with E-state index in [0.717, 1.165) is 0 Å². The molecule has 0 saturated heterocycles. The summed E-state index contributed by atoms with van der Waals surface area (Å²) in [4.78, 5) is 4.02. The van der Waals surface area contributed by atoms with Crippen molar-refractivity contribution in [3.63, 3.8) is 0 Å². The summed E-state index contributed by atoms with van der Waals surface area (Å²) in [6.07, 6.45) is -0.126. The lowest BCUT2D eigenvalue weighted by Crippen LogP contribution is -2.02. The van der Waals surface area contributed by atoms with Gasteiger partial charge in [-0.2, -0.15) is 4.98 Å². The van der Waals surface area contributed by atoms with Crippen molar-refractivity contribution >= 4 is 12.4 Å². The van der Waals surface area contributed by atoms with Crippen molar-refractivity contribution in [2.45, 2.75) is 26.5 Å². The molecule has 0 aliphatic carbocycles. The minimum Gasteiger partial charge on any atom is -0.371 e. The molecular weight excluding hydrogens is 194 g/mol. The van der Waals surface area contributed by atoms with Crippen LogP contribution < -0.4 is 5.73 Å². The van der Waals surface area contributed by atoms with Gasteiger partial charge in [0.15, 0.2) is 5.82 Å². The zero-order valence-corrected chi connectivity index (χ0v) is 8.50. The quantitative estimate of drug-likeness (QED) is 0.799. The lowest BCUT2D eigenvalue weighted by molar-refractivity contribution is 0.0683. The van der Waals surface area contributed by atoms with Gasteiger partial charge >= 0.3 is 0 Å². The summed E-state index contributed by atoms with van der Waals surface area (Å²) in [5.74, 6) is 0.994. The summed E-state index contributed by atoms with van der Waals surface area (Å²) in [5.41, 5.74) is 5.30. The number of hydrogen-bond donors (Lipinski definition) is 1. The van der Waals surface area contributed by atoms with Crippen molar-refractivity contribution in [2.75, 3.05) is 6.61 Å². The molecule has 1 aromatic rings. The first-order chi connectivity index (χ1) is 5.77. The van der Waals surface area contributed by atoms with Gasteiger partial charge in [0.2, 0.25) is 5.89 Å². The molecule has 5 nitrogen and oxygen atoms in total. The first-order valence-electron chi connectivity index (χ1n) is 3.92. The first kappa shape index (κ1) is 12.3. The normalized spacial score (nSPS) is 12.2. The van der Waals surface area contributed by atoms with E-state index in [9.17, 15) is 0 Å². The van der Waals surface area contributed by atoms with Gasteiger partial charge in [-0.1, -0.05) is 5.16 Å². The molecule has 1 aromatic heterocycles. The maximum atomic E-state index is 5.30. The molecule has 0 spiro atoms. The summed E-state index contributed by atoms with van der Waals surface area (Å²) in [7, 11) is 0. The molecule has 1 atom stereocenters. The van der Waals surface area contributed by atoms with Gasteiger partial charge in [0.05, 0.1) is 6.54 Å². The van der Waals surface area contributed by atoms with E-state index in [-0.39, 0.29) is 25.1 Å². The Morgan fingerprint density at radius 1 is 1.62 bits per heavy atom. The van der Waals surface area contributed by atoms with Crippen LogP contribution in [0.4, 0.5) is 0 Å². The average molecular weight is 208 g/mol. The van der Waals surface area contributed by atoms with Gasteiger partial charge in [0.1, 0.15) is 6.10 Å². The third-order valence-electron chi connectivity index (χ3n) is 1.44. The van der Waals surface area contributed by atoms with Crippen LogP contribution in [0.5, 0.6) is 0 Å². The van der Waals surface area contributed by atoms with E-state index in [4.69, 9.17) is 15.0 Å². The Morgan fingerprint density at radius 3 is 2.77 bits per heavy atom. The second-order valence-corrected chi connectivity index (χ2v) is 2.35. The van der Waals surface area contributed by atoms with E-state index in [1.165, 1.54) is 0 Å². The molecule has 1 rings (SSSR count). The molecule has 1 heterocycles. The van der Waals surface area contributed by atoms with Crippen LogP contribution in [0.3, 0.4) is 0 Å². The molecule has 0 aromatic carbocycles. The molecule has 0 saturated carbocycles. The zero-order chi connectivity index (χ0) is 8.97. The number of hydrogen-bond acceptors (Lipinski definition) is 5. The third-order valence-corrected chi connectivity index (χ3v) is 1.44. The van der Waals surface area contributed by atoms with Crippen LogP contribution in [0.2, 0.25) is 0 Å². The Labute approximate surface area is 83.0 Å². The molecule has 0 aliphatic rings. The maximum Gasteiger partial charge on any atom is 0.240 e. The molecule has 13 heavy (non-hydrogen) atoms. The second-order valence-electron chi connectivity index (χ2n) is 2.35. The van der Waals surface area contributed by atoms with Gasteiger partial charge in [-0.05, 0) is 13.8 Å². The van der Waals surface area contributed by atoms with E-state index in [1.807, 2.05) is 13.8 Å². The van der Waals surface area contributed by atoms with Gasteiger partial charge in [0.25, 0.3) is 0 Å². The SMILES string of the molecule is CCOC(C)c1noc(CN)n1.Cl. The van der Waals surface area contributed by atoms with Crippen molar-refractivity contribution in [1.82, 2.24) is 10.1 Å². The summed E-state index contributed by atoms with van der Waals surface area (Å²) in [6.45, 7) is 4.69.